The Hall–Kier alpha value is -1.74. The number of rotatable bonds is 7. The third-order valence-electron chi connectivity index (χ3n) is 3.31. The predicted molar refractivity (Wildman–Crippen MR) is 80.1 cm³/mol. The van der Waals surface area contributed by atoms with Crippen LogP contribution in [0, 0.1) is 5.82 Å². The van der Waals surface area contributed by atoms with Crippen molar-refractivity contribution in [2.45, 2.75) is 32.2 Å². The second kappa shape index (κ2) is 7.75. The first-order valence-corrected chi connectivity index (χ1v) is 7.11. The van der Waals surface area contributed by atoms with Crippen molar-refractivity contribution in [2.24, 2.45) is 0 Å². The van der Waals surface area contributed by atoms with E-state index in [1.807, 2.05) is 24.4 Å². The molecule has 106 valence electrons. The van der Waals surface area contributed by atoms with E-state index in [9.17, 15) is 4.39 Å². The van der Waals surface area contributed by atoms with E-state index in [1.165, 1.54) is 23.3 Å². The zero-order valence-electron chi connectivity index (χ0n) is 11.8. The minimum absolute atomic E-state index is 0.175. The summed E-state index contributed by atoms with van der Waals surface area (Å²) < 4.78 is 12.8. The molecule has 1 aromatic heterocycles. The highest BCUT2D eigenvalue weighted by molar-refractivity contribution is 5.17. The van der Waals surface area contributed by atoms with Gasteiger partial charge in [-0.3, -0.25) is 4.98 Å². The van der Waals surface area contributed by atoms with Crippen LogP contribution in [0.2, 0.25) is 0 Å². The van der Waals surface area contributed by atoms with Gasteiger partial charge in [0.05, 0.1) is 0 Å². The van der Waals surface area contributed by atoms with Crippen molar-refractivity contribution >= 4 is 0 Å². The maximum Gasteiger partial charge on any atom is 0.123 e. The smallest absolute Gasteiger partial charge is 0.123 e. The largest absolute Gasteiger partial charge is 0.314 e. The summed E-state index contributed by atoms with van der Waals surface area (Å²) in [6.07, 6.45) is 6.78. The van der Waals surface area contributed by atoms with Crippen LogP contribution in [-0.4, -0.2) is 17.6 Å². The van der Waals surface area contributed by atoms with Crippen LogP contribution >= 0.6 is 0 Å². The van der Waals surface area contributed by atoms with E-state index in [0.29, 0.717) is 6.04 Å². The van der Waals surface area contributed by atoms with Gasteiger partial charge in [-0.05, 0) is 62.1 Å². The number of pyridine rings is 1. The van der Waals surface area contributed by atoms with Crippen LogP contribution in [0.5, 0.6) is 0 Å². The minimum atomic E-state index is -0.175. The van der Waals surface area contributed by atoms with Gasteiger partial charge in [0.25, 0.3) is 0 Å². The van der Waals surface area contributed by atoms with Crippen LogP contribution in [-0.2, 0) is 12.8 Å². The van der Waals surface area contributed by atoms with Crippen LogP contribution in [0.25, 0.3) is 0 Å². The molecule has 0 aliphatic heterocycles. The molecule has 1 atom stereocenters. The summed E-state index contributed by atoms with van der Waals surface area (Å²) in [6.45, 7) is 3.14. The molecule has 0 aliphatic carbocycles. The molecule has 1 aromatic carbocycles. The lowest BCUT2D eigenvalue weighted by Gasteiger charge is -2.13. The summed E-state index contributed by atoms with van der Waals surface area (Å²) >= 11 is 0. The quantitative estimate of drug-likeness (QED) is 0.782. The lowest BCUT2D eigenvalue weighted by molar-refractivity contribution is 0.533. The van der Waals surface area contributed by atoms with Gasteiger partial charge in [0.1, 0.15) is 5.82 Å². The molecule has 20 heavy (non-hydrogen) atoms. The van der Waals surface area contributed by atoms with Crippen molar-refractivity contribution in [2.75, 3.05) is 6.54 Å². The molecule has 0 saturated carbocycles. The molecule has 1 heterocycles. The van der Waals surface area contributed by atoms with Crippen LogP contribution in [0.1, 0.15) is 24.5 Å². The Bertz CT molecular complexity index is 496. The number of aryl methyl sites for hydroxylation is 1. The lowest BCUT2D eigenvalue weighted by atomic mass is 10.1. The lowest BCUT2D eigenvalue weighted by Crippen LogP contribution is -2.29. The van der Waals surface area contributed by atoms with Crippen molar-refractivity contribution in [1.29, 1.82) is 0 Å². The summed E-state index contributed by atoms with van der Waals surface area (Å²) in [5.41, 5.74) is 2.44. The number of aromatic nitrogens is 1. The zero-order chi connectivity index (χ0) is 14.2. The number of hydrogen-bond acceptors (Lipinski definition) is 2. The molecule has 0 aliphatic rings. The van der Waals surface area contributed by atoms with Crippen molar-refractivity contribution in [1.82, 2.24) is 10.3 Å². The summed E-state index contributed by atoms with van der Waals surface area (Å²) in [5, 5.41) is 3.50. The molecule has 0 fully saturated rings. The van der Waals surface area contributed by atoms with Gasteiger partial charge in [-0.25, -0.2) is 4.39 Å². The van der Waals surface area contributed by atoms with Gasteiger partial charge in [-0.2, -0.15) is 0 Å². The van der Waals surface area contributed by atoms with Gasteiger partial charge in [0.15, 0.2) is 0 Å². The van der Waals surface area contributed by atoms with E-state index < -0.39 is 0 Å². The summed E-state index contributed by atoms with van der Waals surface area (Å²) in [7, 11) is 0. The van der Waals surface area contributed by atoms with Gasteiger partial charge in [0.2, 0.25) is 0 Å². The molecule has 0 spiro atoms. The topological polar surface area (TPSA) is 24.9 Å². The molecule has 2 rings (SSSR count). The fourth-order valence-electron chi connectivity index (χ4n) is 2.23. The van der Waals surface area contributed by atoms with Crippen molar-refractivity contribution in [3.05, 3.63) is 65.7 Å². The molecule has 0 amide bonds. The third-order valence-corrected chi connectivity index (χ3v) is 3.31. The Kier molecular flexibility index (Phi) is 5.69. The van der Waals surface area contributed by atoms with E-state index in [2.05, 4.69) is 23.3 Å². The minimum Gasteiger partial charge on any atom is -0.314 e. The van der Waals surface area contributed by atoms with Gasteiger partial charge < -0.3 is 5.32 Å². The van der Waals surface area contributed by atoms with Crippen molar-refractivity contribution in [3.8, 4) is 0 Å². The number of halogens is 1. The highest BCUT2D eigenvalue weighted by atomic mass is 19.1. The first-order chi connectivity index (χ1) is 9.74. The maximum absolute atomic E-state index is 12.8. The Morgan fingerprint density at radius 2 is 1.95 bits per heavy atom. The first kappa shape index (κ1) is 14.7. The van der Waals surface area contributed by atoms with E-state index in [4.69, 9.17) is 0 Å². The standard InChI is InChI=1S/C17H21FN2/c1-14(12-15-6-8-17(18)9-7-15)20-11-3-5-16-4-2-10-19-13-16/h2,4,6-10,13-14,20H,3,5,11-12H2,1H3. The predicted octanol–water partition coefficient (Wildman–Crippen LogP) is 3.37. The van der Waals surface area contributed by atoms with Gasteiger partial charge in [-0.1, -0.05) is 18.2 Å². The summed E-state index contributed by atoms with van der Waals surface area (Å²) in [5.74, 6) is -0.175. The van der Waals surface area contributed by atoms with Crippen LogP contribution in [0.15, 0.2) is 48.8 Å². The average Bonchev–Trinajstić information content (AvgIpc) is 2.47. The number of nitrogens with zero attached hydrogens (tertiary/aromatic N) is 1. The monoisotopic (exact) mass is 272 g/mol. The Morgan fingerprint density at radius 3 is 2.65 bits per heavy atom. The van der Waals surface area contributed by atoms with E-state index in [0.717, 1.165) is 25.8 Å². The molecule has 0 saturated heterocycles. The SMILES string of the molecule is CC(Cc1ccc(F)cc1)NCCCc1cccnc1. The van der Waals surface area contributed by atoms with Crippen molar-refractivity contribution in [3.63, 3.8) is 0 Å². The average molecular weight is 272 g/mol. The molecular weight excluding hydrogens is 251 g/mol. The van der Waals surface area contributed by atoms with E-state index >= 15 is 0 Å². The zero-order valence-corrected chi connectivity index (χ0v) is 11.8. The Balaban J connectivity index is 1.65. The molecule has 2 aromatic rings. The highest BCUT2D eigenvalue weighted by Gasteiger charge is 2.03. The molecular formula is C17H21FN2. The fraction of sp³-hybridized carbons (Fsp3) is 0.353. The number of nitrogens with one attached hydrogen (secondary N) is 1. The van der Waals surface area contributed by atoms with E-state index in [-0.39, 0.29) is 5.82 Å². The Morgan fingerprint density at radius 1 is 1.15 bits per heavy atom. The second-order valence-corrected chi connectivity index (χ2v) is 5.15. The van der Waals surface area contributed by atoms with Gasteiger partial charge in [-0.15, -0.1) is 0 Å². The summed E-state index contributed by atoms with van der Waals surface area (Å²) in [4.78, 5) is 4.11. The van der Waals surface area contributed by atoms with E-state index in [1.54, 1.807) is 6.20 Å². The van der Waals surface area contributed by atoms with Gasteiger partial charge in [0, 0.05) is 18.4 Å². The second-order valence-electron chi connectivity index (χ2n) is 5.15. The fourth-order valence-corrected chi connectivity index (χ4v) is 2.23. The first-order valence-electron chi connectivity index (χ1n) is 7.11. The molecule has 2 nitrogen and oxygen atoms in total. The summed E-state index contributed by atoms with van der Waals surface area (Å²) in [6, 6.07) is 11.2. The highest BCUT2D eigenvalue weighted by Crippen LogP contribution is 2.06. The van der Waals surface area contributed by atoms with Crippen LogP contribution in [0.3, 0.4) is 0 Å². The normalized spacial score (nSPS) is 12.3. The third kappa shape index (κ3) is 5.10. The van der Waals surface area contributed by atoms with Crippen LogP contribution < -0.4 is 5.32 Å². The van der Waals surface area contributed by atoms with Crippen LogP contribution in [0.4, 0.5) is 4.39 Å². The molecule has 1 N–H and O–H groups in total. The molecule has 0 radical (unpaired) electrons. The molecule has 1 unspecified atom stereocenters. The van der Waals surface area contributed by atoms with Gasteiger partial charge >= 0.3 is 0 Å². The molecule has 0 bridgehead atoms. The maximum atomic E-state index is 12.8. The number of hydrogen-bond donors (Lipinski definition) is 1. The molecule has 3 heteroatoms. The Labute approximate surface area is 120 Å². The van der Waals surface area contributed by atoms with Crippen molar-refractivity contribution < 1.29 is 4.39 Å². The number of benzene rings is 1.